The molecule has 0 amide bonds. The third-order valence-electron chi connectivity index (χ3n) is 3.30. The number of nitrogens with zero attached hydrogens (tertiary/aromatic N) is 1. The van der Waals surface area contributed by atoms with Gasteiger partial charge in [0.1, 0.15) is 11.5 Å². The molecule has 0 spiro atoms. The molecule has 0 radical (unpaired) electrons. The standard InChI is InChI=1S/C14H20ClNO3/c1-17-11-3-4-14(18-2)12(9-11)13(15)10-16-5-7-19-8-6-16/h3-4,9,13H,5-8,10H2,1-2H3. The van der Waals surface area contributed by atoms with E-state index in [0.29, 0.717) is 0 Å². The highest BCUT2D eigenvalue weighted by atomic mass is 35.5. The molecular formula is C14H20ClNO3. The summed E-state index contributed by atoms with van der Waals surface area (Å²) >= 11 is 6.53. The van der Waals surface area contributed by atoms with Gasteiger partial charge in [0.25, 0.3) is 0 Å². The lowest BCUT2D eigenvalue weighted by atomic mass is 10.1. The molecule has 0 N–H and O–H groups in total. The maximum absolute atomic E-state index is 6.53. The van der Waals surface area contributed by atoms with Gasteiger partial charge in [0.15, 0.2) is 0 Å². The number of halogens is 1. The molecule has 106 valence electrons. The van der Waals surface area contributed by atoms with Gasteiger partial charge in [-0.1, -0.05) is 0 Å². The molecule has 1 atom stereocenters. The van der Waals surface area contributed by atoms with E-state index in [0.717, 1.165) is 49.9 Å². The molecule has 1 unspecified atom stereocenters. The number of benzene rings is 1. The van der Waals surface area contributed by atoms with Crippen LogP contribution in [0.2, 0.25) is 0 Å². The predicted octanol–water partition coefficient (Wildman–Crippen LogP) is 2.32. The van der Waals surface area contributed by atoms with Gasteiger partial charge in [-0.2, -0.15) is 0 Å². The molecule has 5 heteroatoms. The molecule has 4 nitrogen and oxygen atoms in total. The summed E-state index contributed by atoms with van der Waals surface area (Å²) in [5.74, 6) is 1.59. The number of ether oxygens (including phenoxy) is 3. The van der Waals surface area contributed by atoms with Gasteiger partial charge in [-0.15, -0.1) is 11.6 Å². The van der Waals surface area contributed by atoms with Crippen LogP contribution in [0.15, 0.2) is 18.2 Å². The zero-order chi connectivity index (χ0) is 13.7. The highest BCUT2D eigenvalue weighted by Gasteiger charge is 2.19. The average Bonchev–Trinajstić information content (AvgIpc) is 2.47. The first-order valence-corrected chi connectivity index (χ1v) is 6.84. The molecule has 1 aliphatic heterocycles. The SMILES string of the molecule is COc1ccc(OC)c(C(Cl)CN2CCOCC2)c1. The molecule has 19 heavy (non-hydrogen) atoms. The summed E-state index contributed by atoms with van der Waals surface area (Å²) in [6.07, 6.45) is 0. The summed E-state index contributed by atoms with van der Waals surface area (Å²) in [7, 11) is 3.31. The van der Waals surface area contributed by atoms with Crippen LogP contribution in [-0.4, -0.2) is 52.0 Å². The third kappa shape index (κ3) is 3.75. The van der Waals surface area contributed by atoms with E-state index in [1.807, 2.05) is 18.2 Å². The Morgan fingerprint density at radius 1 is 1.26 bits per heavy atom. The minimum Gasteiger partial charge on any atom is -0.497 e. The number of hydrogen-bond donors (Lipinski definition) is 0. The molecular weight excluding hydrogens is 266 g/mol. The van der Waals surface area contributed by atoms with Crippen LogP contribution in [0.3, 0.4) is 0 Å². The van der Waals surface area contributed by atoms with Crippen LogP contribution in [0.25, 0.3) is 0 Å². The quantitative estimate of drug-likeness (QED) is 0.777. The van der Waals surface area contributed by atoms with Gasteiger partial charge in [0, 0.05) is 25.2 Å². The summed E-state index contributed by atoms with van der Waals surface area (Å²) in [6, 6.07) is 5.71. The minimum absolute atomic E-state index is 0.122. The van der Waals surface area contributed by atoms with Crippen molar-refractivity contribution in [2.24, 2.45) is 0 Å². The van der Waals surface area contributed by atoms with Crippen molar-refractivity contribution in [1.29, 1.82) is 0 Å². The Bertz CT molecular complexity index is 408. The molecule has 0 aliphatic carbocycles. The maximum atomic E-state index is 6.53. The highest BCUT2D eigenvalue weighted by molar-refractivity contribution is 6.21. The molecule has 0 aromatic heterocycles. The Morgan fingerprint density at radius 2 is 2.00 bits per heavy atom. The second-order valence-electron chi connectivity index (χ2n) is 4.49. The van der Waals surface area contributed by atoms with Gasteiger partial charge in [-0.25, -0.2) is 0 Å². The lowest BCUT2D eigenvalue weighted by Gasteiger charge is -2.28. The van der Waals surface area contributed by atoms with Crippen molar-refractivity contribution in [3.05, 3.63) is 23.8 Å². The topological polar surface area (TPSA) is 30.9 Å². The van der Waals surface area contributed by atoms with Crippen LogP contribution < -0.4 is 9.47 Å². The highest BCUT2D eigenvalue weighted by Crippen LogP contribution is 2.33. The second-order valence-corrected chi connectivity index (χ2v) is 5.02. The Morgan fingerprint density at radius 3 is 2.63 bits per heavy atom. The first kappa shape index (κ1) is 14.4. The second kappa shape index (κ2) is 6.98. The van der Waals surface area contributed by atoms with Gasteiger partial charge in [0.05, 0.1) is 32.8 Å². The molecule has 1 heterocycles. The van der Waals surface area contributed by atoms with Crippen LogP contribution in [0, 0.1) is 0 Å². The first-order chi connectivity index (χ1) is 9.24. The van der Waals surface area contributed by atoms with E-state index in [4.69, 9.17) is 25.8 Å². The van der Waals surface area contributed by atoms with E-state index in [1.165, 1.54) is 0 Å². The van der Waals surface area contributed by atoms with Crippen molar-refractivity contribution in [2.45, 2.75) is 5.38 Å². The van der Waals surface area contributed by atoms with E-state index in [9.17, 15) is 0 Å². The molecule has 1 aromatic rings. The van der Waals surface area contributed by atoms with Crippen molar-refractivity contribution in [3.63, 3.8) is 0 Å². The fourth-order valence-corrected chi connectivity index (χ4v) is 2.56. The number of methoxy groups -OCH3 is 2. The summed E-state index contributed by atoms with van der Waals surface area (Å²) < 4.78 is 16.0. The summed E-state index contributed by atoms with van der Waals surface area (Å²) in [4.78, 5) is 2.31. The Hall–Kier alpha value is -0.970. The van der Waals surface area contributed by atoms with Crippen molar-refractivity contribution >= 4 is 11.6 Å². The normalized spacial score (nSPS) is 18.1. The van der Waals surface area contributed by atoms with E-state index in [1.54, 1.807) is 14.2 Å². The fourth-order valence-electron chi connectivity index (χ4n) is 2.19. The smallest absolute Gasteiger partial charge is 0.123 e. The molecule has 1 saturated heterocycles. The molecule has 1 aromatic carbocycles. The van der Waals surface area contributed by atoms with E-state index in [-0.39, 0.29) is 5.38 Å². The van der Waals surface area contributed by atoms with Gasteiger partial charge >= 0.3 is 0 Å². The van der Waals surface area contributed by atoms with Crippen molar-refractivity contribution in [3.8, 4) is 11.5 Å². The molecule has 0 saturated carbocycles. The summed E-state index contributed by atoms with van der Waals surface area (Å²) in [5.41, 5.74) is 0.968. The van der Waals surface area contributed by atoms with Gasteiger partial charge < -0.3 is 14.2 Å². The van der Waals surface area contributed by atoms with Crippen LogP contribution in [-0.2, 0) is 4.74 Å². The first-order valence-electron chi connectivity index (χ1n) is 6.40. The van der Waals surface area contributed by atoms with Crippen molar-refractivity contribution < 1.29 is 14.2 Å². The number of rotatable bonds is 5. The van der Waals surface area contributed by atoms with Crippen molar-refractivity contribution in [2.75, 3.05) is 47.1 Å². The van der Waals surface area contributed by atoms with E-state index < -0.39 is 0 Å². The van der Waals surface area contributed by atoms with E-state index in [2.05, 4.69) is 4.90 Å². The molecule has 1 aliphatic rings. The Labute approximate surface area is 119 Å². The van der Waals surface area contributed by atoms with Crippen LogP contribution in [0.4, 0.5) is 0 Å². The Kier molecular flexibility index (Phi) is 5.31. The minimum atomic E-state index is -0.122. The zero-order valence-electron chi connectivity index (χ0n) is 11.4. The van der Waals surface area contributed by atoms with Gasteiger partial charge in [-0.3, -0.25) is 4.90 Å². The van der Waals surface area contributed by atoms with Crippen LogP contribution >= 0.6 is 11.6 Å². The number of hydrogen-bond acceptors (Lipinski definition) is 4. The lowest BCUT2D eigenvalue weighted by molar-refractivity contribution is 0.0378. The van der Waals surface area contributed by atoms with Gasteiger partial charge in [0.2, 0.25) is 0 Å². The number of morpholine rings is 1. The summed E-state index contributed by atoms with van der Waals surface area (Å²) in [5, 5.41) is -0.122. The third-order valence-corrected chi connectivity index (χ3v) is 3.67. The largest absolute Gasteiger partial charge is 0.497 e. The predicted molar refractivity (Wildman–Crippen MR) is 75.4 cm³/mol. The fraction of sp³-hybridized carbons (Fsp3) is 0.571. The molecule has 0 bridgehead atoms. The Balaban J connectivity index is 2.09. The average molecular weight is 286 g/mol. The summed E-state index contributed by atoms with van der Waals surface area (Å²) in [6.45, 7) is 4.19. The lowest BCUT2D eigenvalue weighted by Crippen LogP contribution is -2.38. The maximum Gasteiger partial charge on any atom is 0.123 e. The molecule has 1 fully saturated rings. The molecule has 2 rings (SSSR count). The zero-order valence-corrected chi connectivity index (χ0v) is 12.2. The van der Waals surface area contributed by atoms with E-state index >= 15 is 0 Å². The van der Waals surface area contributed by atoms with Crippen LogP contribution in [0.1, 0.15) is 10.9 Å². The monoisotopic (exact) mass is 285 g/mol. The van der Waals surface area contributed by atoms with Gasteiger partial charge in [-0.05, 0) is 18.2 Å². The van der Waals surface area contributed by atoms with Crippen LogP contribution in [0.5, 0.6) is 11.5 Å². The number of alkyl halides is 1. The van der Waals surface area contributed by atoms with Crippen molar-refractivity contribution in [1.82, 2.24) is 4.90 Å².